The molecule has 0 aliphatic carbocycles. The largest absolute Gasteiger partial charge is 0.453 e. The zero-order valence-corrected chi connectivity index (χ0v) is 32.7. The van der Waals surface area contributed by atoms with Gasteiger partial charge in [-0.05, 0) is 97.6 Å². The molecule has 3 aromatic carbocycles. The number of thiophene rings is 1. The number of imidazole rings is 2. The van der Waals surface area contributed by atoms with E-state index in [-0.39, 0.29) is 28.7 Å². The molecule has 5 heterocycles. The third-order valence-corrected chi connectivity index (χ3v) is 9.64. The van der Waals surface area contributed by atoms with Gasteiger partial charge < -0.3 is 24.9 Å². The highest BCUT2D eigenvalue weighted by Crippen LogP contribution is 2.33. The number of nitrogens with one attached hydrogen (secondary N) is 4. The highest BCUT2D eigenvalue weighted by Gasteiger charge is 2.31. The molecule has 0 saturated heterocycles. The van der Waals surface area contributed by atoms with Crippen LogP contribution in [-0.2, 0) is 10.9 Å². The standard InChI is InChI=1S/C28H22F3N7O.C14H11N3O3S/c1-17-5-6-19(10-25(17)37-27-33-9-7-24(36-27)20-4-3-8-32-14-20)26(39)35-22-11-21(28(29,30)31)12-23(13-22)38-15-18(2)34-16-38;1-20-14(19)17-13-15-9-5-4-8(7-10(9)16-13)12(18)11-3-2-6-21-11/h3-16H,1-2H3,(H,35,39)(H,33,36,37);2-7H,1H3,(H2,15,16,17,19). The Kier molecular flexibility index (Phi) is 11.7. The summed E-state index contributed by atoms with van der Waals surface area (Å²) in [6, 6.07) is 22.5. The Morgan fingerprint density at radius 2 is 1.70 bits per heavy atom. The lowest BCUT2D eigenvalue weighted by Gasteiger charge is -2.14. The Labute approximate surface area is 343 Å². The van der Waals surface area contributed by atoms with Crippen molar-refractivity contribution in [1.29, 1.82) is 0 Å². The van der Waals surface area contributed by atoms with Crippen molar-refractivity contribution in [1.82, 2.24) is 34.5 Å². The topological polar surface area (TPSA) is 182 Å². The van der Waals surface area contributed by atoms with Crippen LogP contribution in [0, 0.1) is 13.8 Å². The maximum atomic E-state index is 13.6. The summed E-state index contributed by atoms with van der Waals surface area (Å²) in [7, 11) is 1.27. The Hall–Kier alpha value is -7.73. The average Bonchev–Trinajstić information content (AvgIpc) is 4.03. The van der Waals surface area contributed by atoms with Crippen LogP contribution >= 0.6 is 11.3 Å². The van der Waals surface area contributed by atoms with Crippen LogP contribution in [0.4, 0.5) is 41.2 Å². The van der Waals surface area contributed by atoms with E-state index in [1.807, 2.05) is 24.4 Å². The molecule has 0 saturated carbocycles. The number of hydrogen-bond donors (Lipinski definition) is 4. The summed E-state index contributed by atoms with van der Waals surface area (Å²) < 4.78 is 46.8. The third-order valence-electron chi connectivity index (χ3n) is 8.77. The fourth-order valence-electron chi connectivity index (χ4n) is 5.78. The predicted molar refractivity (Wildman–Crippen MR) is 221 cm³/mol. The molecule has 18 heteroatoms. The Morgan fingerprint density at radius 3 is 2.42 bits per heavy atom. The molecular formula is C42H33F3N10O4S. The van der Waals surface area contributed by atoms with Gasteiger partial charge in [0.15, 0.2) is 0 Å². The van der Waals surface area contributed by atoms with E-state index in [9.17, 15) is 27.6 Å². The van der Waals surface area contributed by atoms with Crippen molar-refractivity contribution in [2.24, 2.45) is 0 Å². The van der Waals surface area contributed by atoms with Gasteiger partial charge in [-0.15, -0.1) is 11.3 Å². The van der Waals surface area contributed by atoms with Crippen molar-refractivity contribution in [3.63, 3.8) is 0 Å². The number of methoxy groups -OCH3 is 1. The summed E-state index contributed by atoms with van der Waals surface area (Å²) in [6.07, 6.45) is 2.78. The van der Waals surface area contributed by atoms with Crippen molar-refractivity contribution in [2.75, 3.05) is 23.1 Å². The number of ether oxygens (including phenoxy) is 1. The van der Waals surface area contributed by atoms with Gasteiger partial charge in [0, 0.05) is 58.5 Å². The molecule has 0 bridgehead atoms. The van der Waals surface area contributed by atoms with Crippen molar-refractivity contribution >= 4 is 63.4 Å². The quantitative estimate of drug-likeness (QED) is 0.102. The van der Waals surface area contributed by atoms with Gasteiger partial charge in [0.2, 0.25) is 17.7 Å². The number of aryl methyl sites for hydroxylation is 2. The first-order valence-corrected chi connectivity index (χ1v) is 18.8. The molecule has 0 radical (unpaired) electrons. The van der Waals surface area contributed by atoms with Crippen molar-refractivity contribution < 1.29 is 32.3 Å². The minimum atomic E-state index is -4.60. The van der Waals surface area contributed by atoms with Gasteiger partial charge in [0.25, 0.3) is 5.91 Å². The second-order valence-electron chi connectivity index (χ2n) is 13.0. The molecule has 8 aromatic rings. The lowest BCUT2D eigenvalue weighted by molar-refractivity contribution is -0.137. The van der Waals surface area contributed by atoms with Gasteiger partial charge in [0.05, 0.1) is 46.3 Å². The minimum absolute atomic E-state index is 0.00114. The van der Waals surface area contributed by atoms with E-state index in [0.29, 0.717) is 44.5 Å². The first-order valence-electron chi connectivity index (χ1n) is 17.9. The summed E-state index contributed by atoms with van der Waals surface area (Å²) in [5.41, 5.74) is 4.99. The molecule has 0 spiro atoms. The maximum absolute atomic E-state index is 13.6. The van der Waals surface area contributed by atoms with Crippen molar-refractivity contribution in [3.05, 3.63) is 154 Å². The summed E-state index contributed by atoms with van der Waals surface area (Å²) in [5, 5.41) is 10.0. The average molecular weight is 831 g/mol. The zero-order valence-electron chi connectivity index (χ0n) is 31.9. The molecule has 0 fully saturated rings. The number of ketones is 1. The van der Waals surface area contributed by atoms with Crippen molar-refractivity contribution in [2.45, 2.75) is 20.0 Å². The van der Waals surface area contributed by atoms with Crippen LogP contribution in [0.15, 0.2) is 121 Å². The number of hydrogen-bond acceptors (Lipinski definition) is 11. The van der Waals surface area contributed by atoms with Gasteiger partial charge in [-0.1, -0.05) is 12.1 Å². The fourth-order valence-corrected chi connectivity index (χ4v) is 6.47. The van der Waals surface area contributed by atoms with Crippen LogP contribution in [0.2, 0.25) is 0 Å². The molecule has 60 heavy (non-hydrogen) atoms. The summed E-state index contributed by atoms with van der Waals surface area (Å²) in [4.78, 5) is 61.3. The number of anilines is 4. The van der Waals surface area contributed by atoms with E-state index in [2.05, 4.69) is 50.6 Å². The maximum Gasteiger partial charge on any atom is 0.416 e. The van der Waals surface area contributed by atoms with Crippen molar-refractivity contribution in [3.8, 4) is 16.9 Å². The molecule has 0 unspecified atom stereocenters. The third kappa shape index (κ3) is 9.68. The number of fused-ring (bicyclic) bond motifs is 1. The number of carbonyl (C=O) groups is 3. The van der Waals surface area contributed by atoms with E-state index in [1.165, 1.54) is 35.4 Å². The van der Waals surface area contributed by atoms with Crippen LogP contribution in [-0.4, -0.2) is 59.4 Å². The smallest absolute Gasteiger partial charge is 0.416 e. The summed E-state index contributed by atoms with van der Waals surface area (Å²) >= 11 is 1.40. The molecule has 5 aromatic heterocycles. The Morgan fingerprint density at radius 1 is 0.867 bits per heavy atom. The van der Waals surface area contributed by atoms with E-state index in [4.69, 9.17) is 0 Å². The van der Waals surface area contributed by atoms with Gasteiger partial charge in [-0.2, -0.15) is 13.2 Å². The van der Waals surface area contributed by atoms with Gasteiger partial charge in [-0.25, -0.2) is 24.7 Å². The number of aromatic amines is 1. The Bertz CT molecular complexity index is 2820. The number of rotatable bonds is 9. The number of halogens is 3. The number of aromatic nitrogens is 7. The monoisotopic (exact) mass is 830 g/mol. The normalized spacial score (nSPS) is 11.0. The second kappa shape index (κ2) is 17.4. The molecular weight excluding hydrogens is 798 g/mol. The lowest BCUT2D eigenvalue weighted by atomic mass is 10.1. The molecule has 302 valence electrons. The first kappa shape index (κ1) is 40.5. The number of H-pyrrole nitrogens is 1. The van der Waals surface area contributed by atoms with E-state index in [0.717, 1.165) is 23.3 Å². The highest BCUT2D eigenvalue weighted by atomic mass is 32.1. The van der Waals surface area contributed by atoms with E-state index in [1.54, 1.807) is 86.3 Å². The predicted octanol–water partition coefficient (Wildman–Crippen LogP) is 9.39. The number of amides is 2. The van der Waals surface area contributed by atoms with E-state index >= 15 is 0 Å². The molecule has 0 atom stereocenters. The van der Waals surface area contributed by atoms with Gasteiger partial charge in [-0.3, -0.25) is 19.9 Å². The van der Waals surface area contributed by atoms with Crippen LogP contribution in [0.5, 0.6) is 0 Å². The fraction of sp³-hybridized carbons (Fsp3) is 0.0952. The molecule has 2 amide bonds. The van der Waals surface area contributed by atoms with Gasteiger partial charge in [0.1, 0.15) is 0 Å². The van der Waals surface area contributed by atoms with Crippen LogP contribution in [0.1, 0.15) is 42.4 Å². The minimum Gasteiger partial charge on any atom is -0.453 e. The molecule has 0 aliphatic rings. The molecule has 4 N–H and O–H groups in total. The summed E-state index contributed by atoms with van der Waals surface area (Å²) in [5.74, 6) is -0.0214. The zero-order chi connectivity index (χ0) is 42.4. The number of nitrogens with zero attached hydrogens (tertiary/aromatic N) is 6. The number of alkyl halides is 3. The Balaban J connectivity index is 0.000000218. The SMILES string of the molecule is COC(=O)Nc1nc2ccc(C(=O)c3cccs3)cc2[nH]1.Cc1cn(-c2cc(NC(=O)c3ccc(C)c(Nc4nccc(-c5cccnc5)n4)c3)cc(C(F)(F)F)c2)cn1. The molecule has 8 rings (SSSR count). The van der Waals surface area contributed by atoms with Crippen LogP contribution < -0.4 is 16.0 Å². The van der Waals surface area contributed by atoms with Crippen LogP contribution in [0.3, 0.4) is 0 Å². The molecule has 14 nitrogen and oxygen atoms in total. The lowest BCUT2D eigenvalue weighted by Crippen LogP contribution is -2.14. The highest BCUT2D eigenvalue weighted by molar-refractivity contribution is 7.12. The first-order chi connectivity index (χ1) is 28.8. The second-order valence-corrected chi connectivity index (χ2v) is 14.0. The molecule has 0 aliphatic heterocycles. The number of benzene rings is 3. The summed E-state index contributed by atoms with van der Waals surface area (Å²) in [6.45, 7) is 3.58. The van der Waals surface area contributed by atoms with Crippen LogP contribution in [0.25, 0.3) is 28.0 Å². The number of pyridine rings is 1. The van der Waals surface area contributed by atoms with Gasteiger partial charge >= 0.3 is 12.3 Å². The number of carbonyl (C=O) groups excluding carboxylic acids is 3. The van der Waals surface area contributed by atoms with E-state index < -0.39 is 23.7 Å².